The van der Waals surface area contributed by atoms with Gasteiger partial charge in [0, 0.05) is 37.9 Å². The fraction of sp³-hybridized carbons (Fsp3) is 0.538. The average molecular weight is 284 g/mol. The van der Waals surface area contributed by atoms with Crippen LogP contribution in [0.25, 0.3) is 0 Å². The minimum atomic E-state index is -0.00449. The van der Waals surface area contributed by atoms with Crippen molar-refractivity contribution in [1.82, 2.24) is 14.8 Å². The third-order valence-electron chi connectivity index (χ3n) is 3.27. The number of pyridine rings is 1. The summed E-state index contributed by atoms with van der Waals surface area (Å²) < 4.78 is 0. The van der Waals surface area contributed by atoms with Gasteiger partial charge in [0.2, 0.25) is 0 Å². The van der Waals surface area contributed by atoms with Crippen LogP contribution >= 0.6 is 11.6 Å². The molecule has 6 heteroatoms. The molecule has 2 heterocycles. The molecule has 1 fully saturated rings. The van der Waals surface area contributed by atoms with Crippen molar-refractivity contribution in [2.45, 2.75) is 6.42 Å². The molecule has 0 bridgehead atoms. The van der Waals surface area contributed by atoms with Crippen molar-refractivity contribution in [3.8, 4) is 0 Å². The van der Waals surface area contributed by atoms with Gasteiger partial charge >= 0.3 is 0 Å². The van der Waals surface area contributed by atoms with E-state index in [9.17, 15) is 4.79 Å². The highest BCUT2D eigenvalue weighted by atomic mass is 35.5. The van der Waals surface area contributed by atoms with Crippen molar-refractivity contribution in [3.63, 3.8) is 0 Å². The summed E-state index contributed by atoms with van der Waals surface area (Å²) in [4.78, 5) is 20.2. The van der Waals surface area contributed by atoms with Gasteiger partial charge in [-0.15, -0.1) is 0 Å². The summed E-state index contributed by atoms with van der Waals surface area (Å²) in [5.74, 6) is -0.00449. The largest absolute Gasteiger partial charge is 0.395 e. The third-order valence-corrected chi connectivity index (χ3v) is 3.47. The third kappa shape index (κ3) is 3.89. The zero-order valence-electron chi connectivity index (χ0n) is 10.8. The van der Waals surface area contributed by atoms with E-state index in [0.717, 1.165) is 26.1 Å². The number of aromatic nitrogens is 1. The van der Waals surface area contributed by atoms with Gasteiger partial charge in [0.05, 0.1) is 6.61 Å². The zero-order chi connectivity index (χ0) is 13.7. The Morgan fingerprint density at radius 3 is 2.95 bits per heavy atom. The molecular weight excluding hydrogens is 266 g/mol. The maximum atomic E-state index is 12.3. The molecule has 1 N–H and O–H groups in total. The molecule has 1 aromatic heterocycles. The van der Waals surface area contributed by atoms with E-state index in [1.54, 1.807) is 18.3 Å². The van der Waals surface area contributed by atoms with Crippen molar-refractivity contribution < 1.29 is 9.90 Å². The van der Waals surface area contributed by atoms with Gasteiger partial charge in [-0.25, -0.2) is 4.98 Å². The highest BCUT2D eigenvalue weighted by Gasteiger charge is 2.20. The van der Waals surface area contributed by atoms with Gasteiger partial charge in [0.25, 0.3) is 5.91 Å². The number of carbonyl (C=O) groups excluding carboxylic acids is 1. The molecule has 0 aromatic carbocycles. The van der Waals surface area contributed by atoms with E-state index < -0.39 is 0 Å². The molecule has 1 aromatic rings. The Morgan fingerprint density at radius 2 is 2.21 bits per heavy atom. The molecule has 104 valence electrons. The lowest BCUT2D eigenvalue weighted by molar-refractivity contribution is 0.0760. The Labute approximate surface area is 117 Å². The molecule has 0 unspecified atom stereocenters. The second-order valence-corrected chi connectivity index (χ2v) is 4.97. The lowest BCUT2D eigenvalue weighted by Gasteiger charge is -2.21. The number of aliphatic hydroxyl groups excluding tert-OH is 1. The van der Waals surface area contributed by atoms with Gasteiger partial charge in [-0.05, 0) is 25.1 Å². The molecule has 1 saturated heterocycles. The van der Waals surface area contributed by atoms with Crippen LogP contribution in [0, 0.1) is 0 Å². The first kappa shape index (κ1) is 14.2. The normalized spacial score (nSPS) is 17.3. The van der Waals surface area contributed by atoms with Gasteiger partial charge in [0.1, 0.15) is 5.15 Å². The summed E-state index contributed by atoms with van der Waals surface area (Å²) in [6.07, 6.45) is 2.47. The Kier molecular flexibility index (Phi) is 5.13. The number of amides is 1. The van der Waals surface area contributed by atoms with Crippen LogP contribution < -0.4 is 0 Å². The molecule has 0 aliphatic carbocycles. The van der Waals surface area contributed by atoms with E-state index in [-0.39, 0.29) is 12.5 Å². The highest BCUT2D eigenvalue weighted by Crippen LogP contribution is 2.12. The number of hydrogen-bond donors (Lipinski definition) is 1. The molecule has 2 rings (SSSR count). The Hall–Kier alpha value is -1.17. The number of aliphatic hydroxyl groups is 1. The van der Waals surface area contributed by atoms with Crippen LogP contribution in [0.4, 0.5) is 0 Å². The molecule has 0 radical (unpaired) electrons. The minimum Gasteiger partial charge on any atom is -0.395 e. The smallest absolute Gasteiger partial charge is 0.254 e. The molecule has 5 nitrogen and oxygen atoms in total. The van der Waals surface area contributed by atoms with Crippen LogP contribution in [-0.2, 0) is 0 Å². The van der Waals surface area contributed by atoms with Crippen LogP contribution in [0.2, 0.25) is 5.15 Å². The number of hydrogen-bond acceptors (Lipinski definition) is 4. The molecular formula is C13H18ClN3O2. The standard InChI is InChI=1S/C13H18ClN3O2/c14-12-10-11(2-3-15-12)13(19)17-5-1-4-16(6-7-17)8-9-18/h2-3,10,18H,1,4-9H2. The summed E-state index contributed by atoms with van der Waals surface area (Å²) in [6, 6.07) is 3.28. The average Bonchev–Trinajstić information content (AvgIpc) is 2.64. The molecule has 1 aliphatic rings. The monoisotopic (exact) mass is 283 g/mol. The second-order valence-electron chi connectivity index (χ2n) is 4.58. The predicted octanol–water partition coefficient (Wildman–Crippen LogP) is 0.875. The summed E-state index contributed by atoms with van der Waals surface area (Å²) in [7, 11) is 0. The van der Waals surface area contributed by atoms with Crippen molar-refractivity contribution in [3.05, 3.63) is 29.0 Å². The highest BCUT2D eigenvalue weighted by molar-refractivity contribution is 6.29. The zero-order valence-corrected chi connectivity index (χ0v) is 11.5. The number of rotatable bonds is 3. The first-order valence-electron chi connectivity index (χ1n) is 6.45. The van der Waals surface area contributed by atoms with Crippen molar-refractivity contribution in [2.75, 3.05) is 39.3 Å². The fourth-order valence-corrected chi connectivity index (χ4v) is 2.43. The maximum Gasteiger partial charge on any atom is 0.254 e. The Balaban J connectivity index is 2.00. The lowest BCUT2D eigenvalue weighted by atomic mass is 10.2. The van der Waals surface area contributed by atoms with E-state index in [0.29, 0.717) is 23.8 Å². The predicted molar refractivity (Wildman–Crippen MR) is 73.3 cm³/mol. The SMILES string of the molecule is O=C(c1ccnc(Cl)c1)N1CCCN(CCO)CC1. The molecule has 0 spiro atoms. The van der Waals surface area contributed by atoms with Gasteiger partial charge in [0.15, 0.2) is 0 Å². The van der Waals surface area contributed by atoms with Crippen LogP contribution in [0.1, 0.15) is 16.8 Å². The first-order chi connectivity index (χ1) is 9.20. The summed E-state index contributed by atoms with van der Waals surface area (Å²) in [5, 5.41) is 9.29. The van der Waals surface area contributed by atoms with Crippen molar-refractivity contribution >= 4 is 17.5 Å². The van der Waals surface area contributed by atoms with Crippen molar-refractivity contribution in [1.29, 1.82) is 0 Å². The van der Waals surface area contributed by atoms with Gasteiger partial charge < -0.3 is 10.0 Å². The second kappa shape index (κ2) is 6.84. The molecule has 0 saturated carbocycles. The molecule has 0 atom stereocenters. The van der Waals surface area contributed by atoms with Crippen LogP contribution in [0.3, 0.4) is 0 Å². The van der Waals surface area contributed by atoms with Gasteiger partial charge in [-0.1, -0.05) is 11.6 Å². The van der Waals surface area contributed by atoms with Gasteiger partial charge in [-0.3, -0.25) is 9.69 Å². The van der Waals surface area contributed by atoms with Crippen LogP contribution in [0.15, 0.2) is 18.3 Å². The molecule has 1 amide bonds. The van der Waals surface area contributed by atoms with E-state index in [1.165, 1.54) is 0 Å². The van der Waals surface area contributed by atoms with Crippen molar-refractivity contribution in [2.24, 2.45) is 0 Å². The van der Waals surface area contributed by atoms with E-state index in [1.807, 2.05) is 4.90 Å². The van der Waals surface area contributed by atoms with Crippen LogP contribution in [-0.4, -0.2) is 65.1 Å². The maximum absolute atomic E-state index is 12.3. The lowest BCUT2D eigenvalue weighted by Crippen LogP contribution is -2.35. The van der Waals surface area contributed by atoms with E-state index in [2.05, 4.69) is 9.88 Å². The minimum absolute atomic E-state index is 0.00449. The van der Waals surface area contributed by atoms with E-state index >= 15 is 0 Å². The Bertz CT molecular complexity index is 442. The first-order valence-corrected chi connectivity index (χ1v) is 6.82. The quantitative estimate of drug-likeness (QED) is 0.837. The summed E-state index contributed by atoms with van der Waals surface area (Å²) >= 11 is 5.81. The summed E-state index contributed by atoms with van der Waals surface area (Å²) in [6.45, 7) is 3.96. The topological polar surface area (TPSA) is 56.7 Å². The molecule has 1 aliphatic heterocycles. The number of carbonyl (C=O) groups is 1. The number of nitrogens with zero attached hydrogens (tertiary/aromatic N) is 3. The number of halogens is 1. The summed E-state index contributed by atoms with van der Waals surface area (Å²) in [5.41, 5.74) is 0.579. The fourth-order valence-electron chi connectivity index (χ4n) is 2.26. The number of β-amino-alcohol motifs (C(OH)–C–C–N with tert-alkyl or cyclic N) is 1. The molecule has 19 heavy (non-hydrogen) atoms. The Morgan fingerprint density at radius 1 is 1.37 bits per heavy atom. The van der Waals surface area contributed by atoms with Gasteiger partial charge in [-0.2, -0.15) is 0 Å². The van der Waals surface area contributed by atoms with Crippen LogP contribution in [0.5, 0.6) is 0 Å². The van der Waals surface area contributed by atoms with E-state index in [4.69, 9.17) is 16.7 Å².